The number of ether oxygens (including phenoxy) is 1. The van der Waals surface area contributed by atoms with E-state index >= 15 is 0 Å². The molecule has 0 atom stereocenters. The maximum absolute atomic E-state index is 12.3. The van der Waals surface area contributed by atoms with Crippen molar-refractivity contribution < 1.29 is 13.9 Å². The van der Waals surface area contributed by atoms with E-state index in [1.165, 1.54) is 0 Å². The van der Waals surface area contributed by atoms with Crippen molar-refractivity contribution in [2.45, 2.75) is 0 Å². The van der Waals surface area contributed by atoms with Gasteiger partial charge in [0, 0.05) is 21.7 Å². The summed E-state index contributed by atoms with van der Waals surface area (Å²) in [6.07, 6.45) is 0. The summed E-state index contributed by atoms with van der Waals surface area (Å²) in [6, 6.07) is 17.8. The van der Waals surface area contributed by atoms with E-state index in [1.54, 1.807) is 43.5 Å². The third-order valence-corrected chi connectivity index (χ3v) is 4.07. The van der Waals surface area contributed by atoms with E-state index in [4.69, 9.17) is 9.15 Å². The summed E-state index contributed by atoms with van der Waals surface area (Å²) in [6.45, 7) is 0. The lowest BCUT2D eigenvalue weighted by Crippen LogP contribution is -2.11. The largest absolute Gasteiger partial charge is 0.497 e. The normalized spacial score (nSPS) is 10.1. The van der Waals surface area contributed by atoms with Crippen LogP contribution in [0.3, 0.4) is 0 Å². The molecule has 0 fully saturated rings. The van der Waals surface area contributed by atoms with Crippen molar-refractivity contribution in [2.24, 2.45) is 0 Å². The molecular formula is C19H13BrN2O3. The molecule has 3 aromatic rings. The van der Waals surface area contributed by atoms with Crippen LogP contribution < -0.4 is 10.1 Å². The summed E-state index contributed by atoms with van der Waals surface area (Å²) in [4.78, 5) is 12.3. The van der Waals surface area contributed by atoms with Crippen molar-refractivity contribution in [1.82, 2.24) is 0 Å². The molecule has 6 heteroatoms. The SMILES string of the molecule is COc1cccc(-c2cc(C#N)c(NC(=O)c3ccc(Br)cc3)o2)c1. The van der Waals surface area contributed by atoms with E-state index in [0.717, 1.165) is 10.0 Å². The average Bonchev–Trinajstić information content (AvgIpc) is 3.05. The molecular weight excluding hydrogens is 384 g/mol. The van der Waals surface area contributed by atoms with Crippen LogP contribution in [-0.4, -0.2) is 13.0 Å². The van der Waals surface area contributed by atoms with E-state index in [0.29, 0.717) is 17.1 Å². The molecule has 0 spiro atoms. The van der Waals surface area contributed by atoms with Gasteiger partial charge in [0.1, 0.15) is 23.1 Å². The van der Waals surface area contributed by atoms with Crippen LogP contribution in [0, 0.1) is 11.3 Å². The number of halogens is 1. The Morgan fingerprint density at radius 3 is 2.64 bits per heavy atom. The number of rotatable bonds is 4. The molecule has 2 aromatic carbocycles. The Labute approximate surface area is 153 Å². The van der Waals surface area contributed by atoms with Crippen LogP contribution in [0.2, 0.25) is 0 Å². The van der Waals surface area contributed by atoms with Gasteiger partial charge in [-0.3, -0.25) is 10.1 Å². The maximum atomic E-state index is 12.3. The Hall–Kier alpha value is -3.04. The molecule has 0 aliphatic carbocycles. The summed E-state index contributed by atoms with van der Waals surface area (Å²) < 4.78 is 11.8. The number of nitrogens with one attached hydrogen (secondary N) is 1. The van der Waals surface area contributed by atoms with Crippen molar-refractivity contribution >= 4 is 27.7 Å². The third kappa shape index (κ3) is 3.73. The van der Waals surface area contributed by atoms with Crippen LogP contribution in [0.15, 0.2) is 63.5 Å². The molecule has 124 valence electrons. The highest BCUT2D eigenvalue weighted by molar-refractivity contribution is 9.10. The smallest absolute Gasteiger partial charge is 0.258 e. The van der Waals surface area contributed by atoms with Crippen molar-refractivity contribution in [2.75, 3.05) is 12.4 Å². The molecule has 0 radical (unpaired) electrons. The van der Waals surface area contributed by atoms with Gasteiger partial charge in [-0.15, -0.1) is 0 Å². The minimum atomic E-state index is -0.351. The lowest BCUT2D eigenvalue weighted by molar-refractivity contribution is 0.102. The van der Waals surface area contributed by atoms with Gasteiger partial charge in [-0.1, -0.05) is 28.1 Å². The Morgan fingerprint density at radius 1 is 1.20 bits per heavy atom. The third-order valence-electron chi connectivity index (χ3n) is 3.54. The fraction of sp³-hybridized carbons (Fsp3) is 0.0526. The predicted molar refractivity (Wildman–Crippen MR) is 97.5 cm³/mol. The van der Waals surface area contributed by atoms with Gasteiger partial charge < -0.3 is 9.15 Å². The fourth-order valence-electron chi connectivity index (χ4n) is 2.26. The van der Waals surface area contributed by atoms with Crippen LogP contribution >= 0.6 is 15.9 Å². The van der Waals surface area contributed by atoms with E-state index < -0.39 is 0 Å². The second-order valence-electron chi connectivity index (χ2n) is 5.16. The number of methoxy groups -OCH3 is 1. The maximum Gasteiger partial charge on any atom is 0.258 e. The molecule has 3 rings (SSSR count). The Morgan fingerprint density at radius 2 is 1.96 bits per heavy atom. The van der Waals surface area contributed by atoms with Gasteiger partial charge in [-0.05, 0) is 36.4 Å². The van der Waals surface area contributed by atoms with Gasteiger partial charge in [0.25, 0.3) is 5.91 Å². The van der Waals surface area contributed by atoms with Crippen LogP contribution in [-0.2, 0) is 0 Å². The number of benzene rings is 2. The van der Waals surface area contributed by atoms with Crippen LogP contribution in [0.4, 0.5) is 5.88 Å². The lowest BCUT2D eigenvalue weighted by atomic mass is 10.1. The number of hydrogen-bond donors (Lipinski definition) is 1. The lowest BCUT2D eigenvalue weighted by Gasteiger charge is -2.04. The van der Waals surface area contributed by atoms with E-state index in [-0.39, 0.29) is 17.4 Å². The van der Waals surface area contributed by atoms with Gasteiger partial charge >= 0.3 is 0 Å². The molecule has 0 unspecified atom stereocenters. The summed E-state index contributed by atoms with van der Waals surface area (Å²) >= 11 is 3.32. The first kappa shape index (κ1) is 16.8. The number of carbonyl (C=O) groups is 1. The zero-order valence-corrected chi connectivity index (χ0v) is 14.8. The molecule has 5 nitrogen and oxygen atoms in total. The van der Waals surface area contributed by atoms with Gasteiger partial charge in [0.05, 0.1) is 7.11 Å². The van der Waals surface area contributed by atoms with Gasteiger partial charge in [0.2, 0.25) is 5.88 Å². The molecule has 0 saturated heterocycles. The number of nitriles is 1. The zero-order valence-electron chi connectivity index (χ0n) is 13.2. The first-order valence-corrected chi connectivity index (χ1v) is 8.15. The van der Waals surface area contributed by atoms with Crippen LogP contribution in [0.25, 0.3) is 11.3 Å². The average molecular weight is 397 g/mol. The Balaban J connectivity index is 1.89. The number of nitrogens with zero attached hydrogens (tertiary/aromatic N) is 1. The summed E-state index contributed by atoms with van der Waals surface area (Å²) in [5, 5.41) is 11.9. The Bertz CT molecular complexity index is 956. The van der Waals surface area contributed by atoms with Gasteiger partial charge in [-0.2, -0.15) is 5.26 Å². The first-order chi connectivity index (χ1) is 12.1. The summed E-state index contributed by atoms with van der Waals surface area (Å²) in [5.74, 6) is 0.915. The number of anilines is 1. The molecule has 0 aliphatic rings. The highest BCUT2D eigenvalue weighted by Crippen LogP contribution is 2.31. The van der Waals surface area contributed by atoms with Crippen molar-refractivity contribution in [3.05, 3.63) is 70.2 Å². The minimum Gasteiger partial charge on any atom is -0.497 e. The highest BCUT2D eigenvalue weighted by Gasteiger charge is 2.16. The first-order valence-electron chi connectivity index (χ1n) is 7.36. The topological polar surface area (TPSA) is 75.3 Å². The van der Waals surface area contributed by atoms with Crippen molar-refractivity contribution in [3.8, 4) is 23.1 Å². The summed E-state index contributed by atoms with van der Waals surface area (Å²) in [5.41, 5.74) is 1.47. The van der Waals surface area contributed by atoms with E-state index in [2.05, 4.69) is 21.2 Å². The van der Waals surface area contributed by atoms with Crippen molar-refractivity contribution in [3.63, 3.8) is 0 Å². The molecule has 1 N–H and O–H groups in total. The van der Waals surface area contributed by atoms with E-state index in [1.807, 2.05) is 24.3 Å². The standard InChI is InChI=1S/C19H13BrN2O3/c1-24-16-4-2-3-13(9-16)17-10-14(11-21)19(25-17)22-18(23)12-5-7-15(20)8-6-12/h2-10H,1H3,(H,22,23). The molecule has 0 saturated carbocycles. The second-order valence-corrected chi connectivity index (χ2v) is 6.07. The molecule has 0 aliphatic heterocycles. The monoisotopic (exact) mass is 396 g/mol. The van der Waals surface area contributed by atoms with Gasteiger partial charge in [0.15, 0.2) is 0 Å². The number of carbonyl (C=O) groups excluding carboxylic acids is 1. The Kier molecular flexibility index (Phi) is 4.87. The number of furan rings is 1. The highest BCUT2D eigenvalue weighted by atomic mass is 79.9. The molecule has 1 heterocycles. The van der Waals surface area contributed by atoms with Gasteiger partial charge in [-0.25, -0.2) is 0 Å². The number of amides is 1. The second kappa shape index (κ2) is 7.24. The predicted octanol–water partition coefficient (Wildman–Crippen LogP) is 4.84. The molecule has 1 aromatic heterocycles. The minimum absolute atomic E-state index is 0.119. The zero-order chi connectivity index (χ0) is 17.8. The van der Waals surface area contributed by atoms with Crippen LogP contribution in [0.5, 0.6) is 5.75 Å². The number of hydrogen-bond acceptors (Lipinski definition) is 4. The molecule has 0 bridgehead atoms. The fourth-order valence-corrected chi connectivity index (χ4v) is 2.53. The molecule has 25 heavy (non-hydrogen) atoms. The summed E-state index contributed by atoms with van der Waals surface area (Å²) in [7, 11) is 1.58. The van der Waals surface area contributed by atoms with Crippen LogP contribution in [0.1, 0.15) is 15.9 Å². The van der Waals surface area contributed by atoms with Crippen molar-refractivity contribution in [1.29, 1.82) is 5.26 Å². The quantitative estimate of drug-likeness (QED) is 0.684. The molecule has 1 amide bonds. The van der Waals surface area contributed by atoms with E-state index in [9.17, 15) is 10.1 Å².